The highest BCUT2D eigenvalue weighted by molar-refractivity contribution is 5.85. The second kappa shape index (κ2) is 6.14. The predicted octanol–water partition coefficient (Wildman–Crippen LogP) is 2.33. The van der Waals surface area contributed by atoms with Crippen molar-refractivity contribution in [2.24, 2.45) is 5.11 Å². The van der Waals surface area contributed by atoms with Crippen molar-refractivity contribution in [3.05, 3.63) is 36.2 Å². The van der Waals surface area contributed by atoms with E-state index in [0.29, 0.717) is 6.54 Å². The summed E-state index contributed by atoms with van der Waals surface area (Å²) in [5.41, 5.74) is 7.00. The van der Waals surface area contributed by atoms with Crippen molar-refractivity contribution in [1.29, 1.82) is 5.53 Å². The summed E-state index contributed by atoms with van der Waals surface area (Å²) in [6.07, 6.45) is 4.68. The highest BCUT2D eigenvalue weighted by atomic mass is 16.4. The zero-order valence-electron chi connectivity index (χ0n) is 11.8. The Morgan fingerprint density at radius 2 is 2.30 bits per heavy atom. The Bertz CT molecular complexity index is 552. The van der Waals surface area contributed by atoms with Crippen LogP contribution in [0.5, 0.6) is 0 Å². The van der Waals surface area contributed by atoms with Crippen molar-refractivity contribution >= 4 is 12.2 Å². The minimum atomic E-state index is -1.25. The van der Waals surface area contributed by atoms with Crippen LogP contribution in [0.3, 0.4) is 0 Å². The molecule has 1 heterocycles. The maximum atomic E-state index is 10.7. The molecule has 0 aliphatic carbocycles. The van der Waals surface area contributed by atoms with Gasteiger partial charge in [-0.05, 0) is 0 Å². The summed E-state index contributed by atoms with van der Waals surface area (Å²) < 4.78 is 1.84. The van der Waals surface area contributed by atoms with E-state index < -0.39 is 5.97 Å². The molecule has 0 bridgehead atoms. The first-order valence-electron chi connectivity index (χ1n) is 6.04. The average molecular weight is 277 g/mol. The molecule has 0 spiro atoms. The molecule has 0 unspecified atom stereocenters. The molecule has 20 heavy (non-hydrogen) atoms. The van der Waals surface area contributed by atoms with Crippen LogP contribution in [0.1, 0.15) is 32.3 Å². The Labute approximate surface area is 117 Å². The fourth-order valence-electron chi connectivity index (χ4n) is 1.62. The molecule has 7 heteroatoms. The third kappa shape index (κ3) is 3.78. The Hall–Kier alpha value is -2.44. The monoisotopic (exact) mass is 277 g/mol. The molecule has 0 aromatic carbocycles. The fourth-order valence-corrected chi connectivity index (χ4v) is 1.62. The molecule has 0 saturated heterocycles. The quantitative estimate of drug-likeness (QED) is 0.548. The van der Waals surface area contributed by atoms with Gasteiger partial charge in [-0.1, -0.05) is 27.4 Å². The molecule has 0 saturated carbocycles. The van der Waals surface area contributed by atoms with E-state index in [2.05, 4.69) is 22.0 Å². The van der Waals surface area contributed by atoms with Gasteiger partial charge in [0.25, 0.3) is 0 Å². The van der Waals surface area contributed by atoms with E-state index in [0.717, 1.165) is 11.5 Å². The highest BCUT2D eigenvalue weighted by Gasteiger charge is 2.20. The summed E-state index contributed by atoms with van der Waals surface area (Å²) in [4.78, 5) is 15.1. The molecular weight excluding hydrogens is 258 g/mol. The number of aromatic nitrogens is 2. The van der Waals surface area contributed by atoms with Gasteiger partial charge in [0.2, 0.25) is 0 Å². The summed E-state index contributed by atoms with van der Waals surface area (Å²) in [5, 5.41) is 14.4. The zero-order valence-corrected chi connectivity index (χ0v) is 11.8. The number of hydrogen-bond donors (Lipinski definition) is 3. The van der Waals surface area contributed by atoms with Gasteiger partial charge in [0.05, 0.1) is 12.2 Å². The van der Waals surface area contributed by atoms with Gasteiger partial charge in [0.1, 0.15) is 5.82 Å². The van der Waals surface area contributed by atoms with Crippen LogP contribution in [-0.4, -0.2) is 20.6 Å². The van der Waals surface area contributed by atoms with Gasteiger partial charge < -0.3 is 15.0 Å². The zero-order chi connectivity index (χ0) is 15.3. The Morgan fingerprint density at radius 1 is 1.65 bits per heavy atom. The summed E-state index contributed by atoms with van der Waals surface area (Å²) >= 11 is 0. The first kappa shape index (κ1) is 15.6. The number of imidazole rings is 1. The number of rotatable bonds is 6. The SMILES string of the molecule is C=Cn1cc(CN/C=C(\N=N)C(=O)O)nc1C(C)(C)C. The minimum absolute atomic E-state index is 0.120. The van der Waals surface area contributed by atoms with Crippen LogP contribution in [0.25, 0.3) is 6.20 Å². The van der Waals surface area contributed by atoms with E-state index in [4.69, 9.17) is 10.6 Å². The standard InChI is InChI=1S/C13H19N5O2/c1-5-18-8-9(16-12(18)13(2,3)4)6-15-7-10(17-14)11(19)20/h5,7-8,14-15H,1,6H2,2-4H3,(H,19,20)/b10-7-,17-14?. The van der Waals surface area contributed by atoms with Crippen LogP contribution in [0.4, 0.5) is 0 Å². The van der Waals surface area contributed by atoms with Crippen LogP contribution in [0.15, 0.2) is 29.8 Å². The Balaban J connectivity index is 2.85. The third-order valence-corrected chi connectivity index (χ3v) is 2.51. The molecule has 0 aliphatic rings. The largest absolute Gasteiger partial charge is 0.476 e. The molecule has 108 valence electrons. The Kier molecular flexibility index (Phi) is 4.79. The molecule has 0 amide bonds. The highest BCUT2D eigenvalue weighted by Crippen LogP contribution is 2.21. The van der Waals surface area contributed by atoms with Crippen LogP contribution in [-0.2, 0) is 16.8 Å². The van der Waals surface area contributed by atoms with Crippen molar-refractivity contribution < 1.29 is 9.90 Å². The summed E-state index contributed by atoms with van der Waals surface area (Å²) in [6.45, 7) is 10.2. The molecule has 0 fully saturated rings. The van der Waals surface area contributed by atoms with Crippen LogP contribution in [0, 0.1) is 5.53 Å². The molecular formula is C13H19N5O2. The second-order valence-corrected chi connectivity index (χ2v) is 5.22. The minimum Gasteiger partial charge on any atom is -0.476 e. The van der Waals surface area contributed by atoms with E-state index in [9.17, 15) is 4.79 Å². The first-order valence-corrected chi connectivity index (χ1v) is 6.04. The first-order chi connectivity index (χ1) is 9.29. The summed E-state index contributed by atoms with van der Waals surface area (Å²) in [6, 6.07) is 0. The molecule has 0 aliphatic heterocycles. The molecule has 0 atom stereocenters. The lowest BCUT2D eigenvalue weighted by molar-refractivity contribution is -0.132. The molecule has 1 aromatic rings. The number of carbonyl (C=O) groups is 1. The van der Waals surface area contributed by atoms with E-state index in [-0.39, 0.29) is 11.1 Å². The van der Waals surface area contributed by atoms with Crippen LogP contribution < -0.4 is 5.32 Å². The number of hydrogen-bond acceptors (Lipinski definition) is 5. The summed E-state index contributed by atoms with van der Waals surface area (Å²) in [7, 11) is 0. The van der Waals surface area contributed by atoms with Crippen molar-refractivity contribution in [2.75, 3.05) is 0 Å². The van der Waals surface area contributed by atoms with E-state index in [1.165, 1.54) is 6.20 Å². The average Bonchev–Trinajstić information content (AvgIpc) is 2.77. The third-order valence-electron chi connectivity index (χ3n) is 2.51. The van der Waals surface area contributed by atoms with Gasteiger partial charge in [-0.15, -0.1) is 5.11 Å². The van der Waals surface area contributed by atoms with Crippen LogP contribution >= 0.6 is 0 Å². The van der Waals surface area contributed by atoms with Crippen molar-refractivity contribution in [3.8, 4) is 0 Å². The predicted molar refractivity (Wildman–Crippen MR) is 75.0 cm³/mol. The lowest BCUT2D eigenvalue weighted by atomic mass is 9.96. The number of nitrogens with one attached hydrogen (secondary N) is 2. The maximum Gasteiger partial charge on any atom is 0.357 e. The van der Waals surface area contributed by atoms with Crippen molar-refractivity contribution in [2.45, 2.75) is 32.7 Å². The van der Waals surface area contributed by atoms with Gasteiger partial charge in [-0.3, -0.25) is 0 Å². The maximum absolute atomic E-state index is 10.7. The van der Waals surface area contributed by atoms with Gasteiger partial charge in [-0.2, -0.15) is 0 Å². The lowest BCUT2D eigenvalue weighted by Gasteiger charge is -2.17. The molecule has 7 nitrogen and oxygen atoms in total. The molecule has 1 aromatic heterocycles. The van der Waals surface area contributed by atoms with Crippen molar-refractivity contribution in [3.63, 3.8) is 0 Å². The Morgan fingerprint density at radius 3 is 2.70 bits per heavy atom. The normalized spacial score (nSPS) is 12.1. The second-order valence-electron chi connectivity index (χ2n) is 5.22. The van der Waals surface area contributed by atoms with E-state index >= 15 is 0 Å². The topological polar surface area (TPSA) is 103 Å². The lowest BCUT2D eigenvalue weighted by Crippen LogP contribution is -2.16. The van der Waals surface area contributed by atoms with E-state index in [1.54, 1.807) is 6.20 Å². The van der Waals surface area contributed by atoms with Crippen LogP contribution in [0.2, 0.25) is 0 Å². The summed E-state index contributed by atoms with van der Waals surface area (Å²) in [5.74, 6) is -0.378. The smallest absolute Gasteiger partial charge is 0.357 e. The number of carboxylic acids is 1. The van der Waals surface area contributed by atoms with Gasteiger partial charge in [0.15, 0.2) is 5.70 Å². The fraction of sp³-hybridized carbons (Fsp3) is 0.385. The van der Waals surface area contributed by atoms with E-state index in [1.807, 2.05) is 31.5 Å². The number of carboxylic acid groups (broad SMARTS) is 1. The van der Waals surface area contributed by atoms with Crippen molar-refractivity contribution in [1.82, 2.24) is 14.9 Å². The molecule has 1 rings (SSSR count). The number of nitrogens with zero attached hydrogens (tertiary/aromatic N) is 3. The molecule has 3 N–H and O–H groups in total. The van der Waals surface area contributed by atoms with Gasteiger partial charge >= 0.3 is 5.97 Å². The number of aliphatic carboxylic acids is 1. The van der Waals surface area contributed by atoms with Gasteiger partial charge in [-0.25, -0.2) is 15.3 Å². The van der Waals surface area contributed by atoms with Gasteiger partial charge in [0, 0.05) is 24.0 Å². The molecule has 0 radical (unpaired) electrons.